The number of likely N-dealkylation sites (N-methyl/N-ethyl adjacent to an activating group) is 1. The van der Waals surface area contributed by atoms with Crippen LogP contribution in [0.4, 0.5) is 17.2 Å². The van der Waals surface area contributed by atoms with Crippen molar-refractivity contribution in [1.82, 2.24) is 9.55 Å². The minimum atomic E-state index is -0.968. The highest BCUT2D eigenvalue weighted by Crippen LogP contribution is 2.37. The second-order valence-electron chi connectivity index (χ2n) is 6.85. The standard InChI is InChI=1S/C11H13N3O2.C7H8N2O2.C2H6S.C2H6/c1-13-7-4-5-14(6-7)9-3-2-8(11(15)16)12-10(9)13;1-9-4-2-3-6(7(9)11)8-5-10;1-3-2;1-2/h2-3,7H,4-6H2,1H3,(H,15,16);2-5H,1H3,(H,8,10);1-2H3;1-2H3. The first-order valence-corrected chi connectivity index (χ1v) is 11.9. The van der Waals surface area contributed by atoms with Crippen LogP contribution in [0, 0.1) is 0 Å². The molecule has 0 saturated carbocycles. The van der Waals surface area contributed by atoms with Gasteiger partial charge in [0.05, 0.1) is 5.69 Å². The summed E-state index contributed by atoms with van der Waals surface area (Å²) < 4.78 is 1.39. The number of carbonyl (C=O) groups excluding carboxylic acids is 1. The smallest absolute Gasteiger partial charge is 0.354 e. The molecule has 9 nitrogen and oxygen atoms in total. The van der Waals surface area contributed by atoms with Crippen molar-refractivity contribution in [3.63, 3.8) is 0 Å². The van der Waals surface area contributed by atoms with E-state index in [-0.39, 0.29) is 11.3 Å². The summed E-state index contributed by atoms with van der Waals surface area (Å²) in [5.41, 5.74) is 1.26. The Morgan fingerprint density at radius 1 is 1.25 bits per heavy atom. The second-order valence-corrected chi connectivity index (χ2v) is 7.67. The fourth-order valence-electron chi connectivity index (χ4n) is 3.29. The van der Waals surface area contributed by atoms with Gasteiger partial charge in [0.1, 0.15) is 5.69 Å². The summed E-state index contributed by atoms with van der Waals surface area (Å²) in [6.07, 6.45) is 7.31. The second kappa shape index (κ2) is 13.4. The Balaban J connectivity index is 0.000000280. The summed E-state index contributed by atoms with van der Waals surface area (Å²) in [6.45, 7) is 6.06. The Labute approximate surface area is 193 Å². The summed E-state index contributed by atoms with van der Waals surface area (Å²) in [6, 6.07) is 7.16. The van der Waals surface area contributed by atoms with E-state index in [0.717, 1.165) is 31.0 Å². The average Bonchev–Trinajstić information content (AvgIpc) is 3.24. The maximum atomic E-state index is 11.1. The van der Waals surface area contributed by atoms with Gasteiger partial charge >= 0.3 is 5.97 Å². The number of carboxylic acid groups (broad SMARTS) is 1. The van der Waals surface area contributed by atoms with Gasteiger partial charge in [-0.05, 0) is 43.2 Å². The number of anilines is 3. The molecule has 2 aliphatic rings. The Bertz CT molecular complexity index is 950. The summed E-state index contributed by atoms with van der Waals surface area (Å²) >= 11 is 1.75. The average molecular weight is 464 g/mol. The van der Waals surface area contributed by atoms with E-state index in [4.69, 9.17) is 5.11 Å². The molecule has 176 valence electrons. The van der Waals surface area contributed by atoms with E-state index in [1.165, 1.54) is 4.57 Å². The fourth-order valence-corrected chi connectivity index (χ4v) is 3.29. The number of pyridine rings is 2. The molecule has 1 saturated heterocycles. The lowest BCUT2D eigenvalue weighted by Gasteiger charge is -2.34. The van der Waals surface area contributed by atoms with Gasteiger partial charge in [-0.15, -0.1) is 0 Å². The van der Waals surface area contributed by atoms with Gasteiger partial charge in [-0.3, -0.25) is 9.59 Å². The Morgan fingerprint density at radius 2 is 1.91 bits per heavy atom. The summed E-state index contributed by atoms with van der Waals surface area (Å²) in [5, 5.41) is 11.2. The number of hydrogen-bond donors (Lipinski definition) is 2. The van der Waals surface area contributed by atoms with E-state index < -0.39 is 5.97 Å². The predicted molar refractivity (Wildman–Crippen MR) is 132 cm³/mol. The first-order valence-electron chi connectivity index (χ1n) is 10.3. The van der Waals surface area contributed by atoms with Crippen LogP contribution >= 0.6 is 11.8 Å². The number of amides is 1. The van der Waals surface area contributed by atoms with E-state index >= 15 is 0 Å². The molecule has 2 bridgehead atoms. The molecular formula is C22H33N5O4S. The zero-order valence-electron chi connectivity index (χ0n) is 19.5. The number of rotatable bonds is 3. The van der Waals surface area contributed by atoms with Crippen molar-refractivity contribution < 1.29 is 14.7 Å². The quantitative estimate of drug-likeness (QED) is 0.669. The third-order valence-electron chi connectivity index (χ3n) is 4.80. The molecule has 2 N–H and O–H groups in total. The molecule has 2 aromatic heterocycles. The van der Waals surface area contributed by atoms with Crippen molar-refractivity contribution in [3.8, 4) is 0 Å². The number of aromatic nitrogens is 2. The van der Waals surface area contributed by atoms with Gasteiger partial charge in [-0.2, -0.15) is 11.8 Å². The lowest BCUT2D eigenvalue weighted by molar-refractivity contribution is -0.105. The van der Waals surface area contributed by atoms with Crippen LogP contribution in [0.25, 0.3) is 0 Å². The summed E-state index contributed by atoms with van der Waals surface area (Å²) in [4.78, 5) is 40.6. The van der Waals surface area contributed by atoms with E-state index in [9.17, 15) is 14.4 Å². The van der Waals surface area contributed by atoms with Crippen molar-refractivity contribution in [2.45, 2.75) is 26.3 Å². The third kappa shape index (κ3) is 6.74. The van der Waals surface area contributed by atoms with Crippen molar-refractivity contribution in [2.75, 3.05) is 47.8 Å². The fraction of sp³-hybridized carbons (Fsp3) is 0.455. The van der Waals surface area contributed by atoms with Gasteiger partial charge in [0.15, 0.2) is 11.5 Å². The molecule has 2 aromatic rings. The SMILES string of the molecule is CC.CN1c2nc(C(=O)O)ccc2N2CCC1C2.CSC.Cn1cccc(NC=O)c1=O. The molecule has 0 aromatic carbocycles. The van der Waals surface area contributed by atoms with Crippen LogP contribution in [-0.2, 0) is 11.8 Å². The number of thioether (sulfide) groups is 1. The predicted octanol–water partition coefficient (Wildman–Crippen LogP) is 2.77. The van der Waals surface area contributed by atoms with Crippen LogP contribution < -0.4 is 20.7 Å². The van der Waals surface area contributed by atoms with Gasteiger partial charge in [0.2, 0.25) is 6.41 Å². The van der Waals surface area contributed by atoms with Crippen molar-refractivity contribution in [1.29, 1.82) is 0 Å². The first kappa shape index (κ1) is 27.0. The number of carboxylic acids is 1. The highest BCUT2D eigenvalue weighted by molar-refractivity contribution is 7.97. The minimum Gasteiger partial charge on any atom is -0.477 e. The van der Waals surface area contributed by atoms with Gasteiger partial charge in [0.25, 0.3) is 5.56 Å². The van der Waals surface area contributed by atoms with E-state index in [2.05, 4.69) is 20.1 Å². The molecule has 32 heavy (non-hydrogen) atoms. The zero-order chi connectivity index (χ0) is 24.3. The van der Waals surface area contributed by atoms with Gasteiger partial charge in [-0.25, -0.2) is 9.78 Å². The number of nitrogens with zero attached hydrogens (tertiary/aromatic N) is 4. The van der Waals surface area contributed by atoms with Crippen LogP contribution in [-0.4, -0.2) is 65.7 Å². The molecule has 10 heteroatoms. The summed E-state index contributed by atoms with van der Waals surface area (Å²) in [7, 11) is 3.61. The van der Waals surface area contributed by atoms with Gasteiger partial charge in [-0.1, -0.05) is 13.8 Å². The molecule has 4 rings (SSSR count). The monoisotopic (exact) mass is 463 g/mol. The normalized spacial score (nSPS) is 15.0. The van der Waals surface area contributed by atoms with E-state index in [1.54, 1.807) is 43.2 Å². The lowest BCUT2D eigenvalue weighted by atomic mass is 10.2. The van der Waals surface area contributed by atoms with E-state index in [1.807, 2.05) is 39.5 Å². The van der Waals surface area contributed by atoms with Crippen molar-refractivity contribution in [2.24, 2.45) is 7.05 Å². The lowest BCUT2D eigenvalue weighted by Crippen LogP contribution is -2.40. The van der Waals surface area contributed by atoms with Gasteiger partial charge < -0.3 is 24.8 Å². The summed E-state index contributed by atoms with van der Waals surface area (Å²) in [5.74, 6) is -0.169. The minimum absolute atomic E-state index is 0.119. The topological polar surface area (TPSA) is 108 Å². The van der Waals surface area contributed by atoms with Gasteiger partial charge in [0, 0.05) is 39.4 Å². The van der Waals surface area contributed by atoms with Crippen LogP contribution in [0.5, 0.6) is 0 Å². The van der Waals surface area contributed by atoms with Crippen LogP contribution in [0.15, 0.2) is 35.3 Å². The largest absolute Gasteiger partial charge is 0.477 e. The molecular weight excluding hydrogens is 430 g/mol. The maximum absolute atomic E-state index is 11.1. The molecule has 2 aliphatic heterocycles. The number of fused-ring (bicyclic) bond motifs is 4. The Kier molecular flexibility index (Phi) is 11.3. The molecule has 1 amide bonds. The molecule has 1 atom stereocenters. The van der Waals surface area contributed by atoms with Crippen molar-refractivity contribution >= 4 is 41.3 Å². The maximum Gasteiger partial charge on any atom is 0.354 e. The molecule has 4 heterocycles. The Hall–Kier alpha value is -3.01. The third-order valence-corrected chi connectivity index (χ3v) is 4.80. The molecule has 1 unspecified atom stereocenters. The number of aromatic carboxylic acids is 1. The first-order chi connectivity index (χ1) is 15.3. The van der Waals surface area contributed by atoms with Crippen molar-refractivity contribution in [3.05, 3.63) is 46.5 Å². The number of carbonyl (C=O) groups is 2. The molecule has 0 aliphatic carbocycles. The highest BCUT2D eigenvalue weighted by Gasteiger charge is 2.35. The van der Waals surface area contributed by atoms with E-state index in [0.29, 0.717) is 18.1 Å². The highest BCUT2D eigenvalue weighted by atomic mass is 32.2. The number of hydrogen-bond acceptors (Lipinski definition) is 7. The molecule has 1 fully saturated rings. The van der Waals surface area contributed by atoms with Crippen LogP contribution in [0.1, 0.15) is 30.8 Å². The zero-order valence-corrected chi connectivity index (χ0v) is 20.3. The van der Waals surface area contributed by atoms with Crippen LogP contribution in [0.3, 0.4) is 0 Å². The number of nitrogens with one attached hydrogen (secondary N) is 1. The number of aryl methyl sites for hydroxylation is 1. The molecule has 0 spiro atoms. The molecule has 0 radical (unpaired) electrons. The Morgan fingerprint density at radius 3 is 2.50 bits per heavy atom. The van der Waals surface area contributed by atoms with Crippen LogP contribution in [0.2, 0.25) is 0 Å².